The highest BCUT2D eigenvalue weighted by Crippen LogP contribution is 2.29. The Bertz CT molecular complexity index is 342. The van der Waals surface area contributed by atoms with Crippen LogP contribution in [0.15, 0.2) is 18.2 Å². The standard InChI is InChI=1S/C13H21NO2S/c1-10(14)11-5-6-12(13(9-11)15-2)16-7-4-8-17-3/h5-6,9-10H,4,7-8,14H2,1-3H3. The van der Waals surface area contributed by atoms with Crippen molar-refractivity contribution in [1.29, 1.82) is 0 Å². The van der Waals surface area contributed by atoms with E-state index in [0.717, 1.165) is 29.2 Å². The van der Waals surface area contributed by atoms with Crippen LogP contribution >= 0.6 is 11.8 Å². The Morgan fingerprint density at radius 2 is 2.12 bits per heavy atom. The molecule has 1 rings (SSSR count). The van der Waals surface area contributed by atoms with Crippen LogP contribution in [0.25, 0.3) is 0 Å². The van der Waals surface area contributed by atoms with Gasteiger partial charge in [0.05, 0.1) is 13.7 Å². The van der Waals surface area contributed by atoms with Gasteiger partial charge in [-0.1, -0.05) is 6.07 Å². The van der Waals surface area contributed by atoms with Gasteiger partial charge in [-0.3, -0.25) is 0 Å². The number of hydrogen-bond donors (Lipinski definition) is 1. The lowest BCUT2D eigenvalue weighted by Crippen LogP contribution is -2.06. The van der Waals surface area contributed by atoms with Crippen LogP contribution in [-0.4, -0.2) is 25.7 Å². The molecule has 2 N–H and O–H groups in total. The van der Waals surface area contributed by atoms with Gasteiger partial charge in [0, 0.05) is 6.04 Å². The lowest BCUT2D eigenvalue weighted by Gasteiger charge is -2.13. The van der Waals surface area contributed by atoms with Gasteiger partial charge in [0.2, 0.25) is 0 Å². The van der Waals surface area contributed by atoms with E-state index in [2.05, 4.69) is 6.26 Å². The fourth-order valence-corrected chi connectivity index (χ4v) is 1.88. The second kappa shape index (κ2) is 7.45. The molecule has 4 heteroatoms. The Balaban J connectivity index is 2.65. The molecule has 1 atom stereocenters. The van der Waals surface area contributed by atoms with Crippen LogP contribution in [0.4, 0.5) is 0 Å². The average molecular weight is 255 g/mol. The third-order valence-electron chi connectivity index (χ3n) is 2.46. The van der Waals surface area contributed by atoms with E-state index in [1.54, 1.807) is 7.11 Å². The molecule has 0 fully saturated rings. The highest BCUT2D eigenvalue weighted by molar-refractivity contribution is 7.98. The summed E-state index contributed by atoms with van der Waals surface area (Å²) in [7, 11) is 1.65. The monoisotopic (exact) mass is 255 g/mol. The predicted molar refractivity (Wildman–Crippen MR) is 74.1 cm³/mol. The summed E-state index contributed by atoms with van der Waals surface area (Å²) in [5, 5.41) is 0. The van der Waals surface area contributed by atoms with E-state index >= 15 is 0 Å². The Morgan fingerprint density at radius 3 is 2.71 bits per heavy atom. The topological polar surface area (TPSA) is 44.5 Å². The van der Waals surface area contributed by atoms with Crippen LogP contribution in [-0.2, 0) is 0 Å². The Morgan fingerprint density at radius 1 is 1.35 bits per heavy atom. The fraction of sp³-hybridized carbons (Fsp3) is 0.538. The Labute approximate surface area is 108 Å². The molecule has 0 aromatic heterocycles. The normalized spacial score (nSPS) is 12.2. The van der Waals surface area contributed by atoms with Gasteiger partial charge in [-0.15, -0.1) is 0 Å². The summed E-state index contributed by atoms with van der Waals surface area (Å²) >= 11 is 1.83. The quantitative estimate of drug-likeness (QED) is 0.761. The molecule has 0 heterocycles. The molecule has 0 spiro atoms. The maximum absolute atomic E-state index is 5.83. The molecule has 0 amide bonds. The molecule has 0 bridgehead atoms. The average Bonchev–Trinajstić information content (AvgIpc) is 2.34. The minimum atomic E-state index is 0.00874. The highest BCUT2D eigenvalue weighted by Gasteiger charge is 2.07. The molecule has 0 saturated heterocycles. The van der Waals surface area contributed by atoms with Gasteiger partial charge < -0.3 is 15.2 Å². The number of thioether (sulfide) groups is 1. The summed E-state index contributed by atoms with van der Waals surface area (Å²) in [5.41, 5.74) is 6.88. The summed E-state index contributed by atoms with van der Waals surface area (Å²) in [4.78, 5) is 0. The van der Waals surface area contributed by atoms with Gasteiger partial charge in [-0.05, 0) is 43.0 Å². The van der Waals surface area contributed by atoms with Gasteiger partial charge in [-0.2, -0.15) is 11.8 Å². The number of hydrogen-bond acceptors (Lipinski definition) is 4. The first-order valence-corrected chi connectivity index (χ1v) is 7.13. The van der Waals surface area contributed by atoms with Crippen molar-refractivity contribution < 1.29 is 9.47 Å². The molecule has 96 valence electrons. The number of methoxy groups -OCH3 is 1. The maximum atomic E-state index is 5.83. The van der Waals surface area contributed by atoms with E-state index < -0.39 is 0 Å². The van der Waals surface area contributed by atoms with E-state index in [0.29, 0.717) is 6.61 Å². The lowest BCUT2D eigenvalue weighted by molar-refractivity contribution is 0.295. The van der Waals surface area contributed by atoms with E-state index in [1.165, 1.54) is 0 Å². The van der Waals surface area contributed by atoms with Crippen LogP contribution in [0.2, 0.25) is 0 Å². The first-order valence-electron chi connectivity index (χ1n) is 5.74. The van der Waals surface area contributed by atoms with Crippen molar-refractivity contribution in [2.24, 2.45) is 5.73 Å². The van der Waals surface area contributed by atoms with Crippen molar-refractivity contribution in [3.63, 3.8) is 0 Å². The zero-order valence-corrected chi connectivity index (χ0v) is 11.5. The summed E-state index contributed by atoms with van der Waals surface area (Å²) in [6, 6.07) is 5.86. The Kier molecular flexibility index (Phi) is 6.22. The number of ether oxygens (including phenoxy) is 2. The van der Waals surface area contributed by atoms with Crippen molar-refractivity contribution >= 4 is 11.8 Å². The van der Waals surface area contributed by atoms with E-state index in [9.17, 15) is 0 Å². The fourth-order valence-electron chi connectivity index (χ4n) is 1.47. The SMILES string of the molecule is COc1cc(C(C)N)ccc1OCCCSC. The van der Waals surface area contributed by atoms with Gasteiger partial charge in [0.15, 0.2) is 11.5 Å². The molecular weight excluding hydrogens is 234 g/mol. The van der Waals surface area contributed by atoms with Gasteiger partial charge in [0.1, 0.15) is 0 Å². The van der Waals surface area contributed by atoms with Crippen LogP contribution in [0.5, 0.6) is 11.5 Å². The summed E-state index contributed by atoms with van der Waals surface area (Å²) in [6.07, 6.45) is 3.14. The van der Waals surface area contributed by atoms with E-state index in [-0.39, 0.29) is 6.04 Å². The van der Waals surface area contributed by atoms with Crippen LogP contribution in [0.1, 0.15) is 24.9 Å². The minimum Gasteiger partial charge on any atom is -0.493 e. The van der Waals surface area contributed by atoms with Gasteiger partial charge >= 0.3 is 0 Å². The third kappa shape index (κ3) is 4.48. The number of nitrogens with two attached hydrogens (primary N) is 1. The minimum absolute atomic E-state index is 0.00874. The van der Waals surface area contributed by atoms with E-state index in [1.807, 2.05) is 36.9 Å². The Hall–Kier alpha value is -0.870. The molecule has 1 unspecified atom stereocenters. The van der Waals surface area contributed by atoms with E-state index in [4.69, 9.17) is 15.2 Å². The molecule has 0 aliphatic heterocycles. The molecule has 3 nitrogen and oxygen atoms in total. The predicted octanol–water partition coefficient (Wildman–Crippen LogP) is 2.85. The smallest absolute Gasteiger partial charge is 0.161 e. The first-order chi connectivity index (χ1) is 8.19. The number of rotatable bonds is 7. The van der Waals surface area contributed by atoms with Crippen molar-refractivity contribution in [2.75, 3.05) is 25.7 Å². The zero-order chi connectivity index (χ0) is 12.7. The molecular formula is C13H21NO2S. The lowest BCUT2D eigenvalue weighted by atomic mass is 10.1. The molecule has 0 aliphatic rings. The molecule has 1 aromatic carbocycles. The van der Waals surface area contributed by atoms with Crippen LogP contribution < -0.4 is 15.2 Å². The summed E-state index contributed by atoms with van der Waals surface area (Å²) in [5.74, 6) is 2.65. The largest absolute Gasteiger partial charge is 0.493 e. The van der Waals surface area contributed by atoms with Gasteiger partial charge in [0.25, 0.3) is 0 Å². The molecule has 17 heavy (non-hydrogen) atoms. The molecule has 0 aliphatic carbocycles. The number of benzene rings is 1. The summed E-state index contributed by atoms with van der Waals surface area (Å²) in [6.45, 7) is 2.67. The summed E-state index contributed by atoms with van der Waals surface area (Å²) < 4.78 is 11.0. The van der Waals surface area contributed by atoms with Crippen LogP contribution in [0.3, 0.4) is 0 Å². The second-order valence-electron chi connectivity index (χ2n) is 3.89. The van der Waals surface area contributed by atoms with Gasteiger partial charge in [-0.25, -0.2) is 0 Å². The highest BCUT2D eigenvalue weighted by atomic mass is 32.2. The molecule has 1 aromatic rings. The van der Waals surface area contributed by atoms with Crippen molar-refractivity contribution in [3.8, 4) is 11.5 Å². The third-order valence-corrected chi connectivity index (χ3v) is 3.16. The maximum Gasteiger partial charge on any atom is 0.161 e. The van der Waals surface area contributed by atoms with Crippen molar-refractivity contribution in [3.05, 3.63) is 23.8 Å². The first kappa shape index (κ1) is 14.2. The van der Waals surface area contributed by atoms with Crippen LogP contribution in [0, 0.1) is 0 Å². The molecule has 0 saturated carbocycles. The zero-order valence-electron chi connectivity index (χ0n) is 10.7. The molecule has 0 radical (unpaired) electrons. The van der Waals surface area contributed by atoms with Crippen molar-refractivity contribution in [2.45, 2.75) is 19.4 Å². The van der Waals surface area contributed by atoms with Crippen molar-refractivity contribution in [1.82, 2.24) is 0 Å². The second-order valence-corrected chi connectivity index (χ2v) is 4.88.